The summed E-state index contributed by atoms with van der Waals surface area (Å²) in [6.07, 6.45) is 4.74. The normalized spacial score (nSPS) is 17.7. The average molecular weight is 249 g/mol. The van der Waals surface area contributed by atoms with E-state index in [9.17, 15) is 9.18 Å². The zero-order valence-electron chi connectivity index (χ0n) is 11.1. The summed E-state index contributed by atoms with van der Waals surface area (Å²) in [6, 6.07) is 4.71. The Bertz CT molecular complexity index is 450. The summed E-state index contributed by atoms with van der Waals surface area (Å²) in [5.74, 6) is -0.746. The minimum atomic E-state index is -0.441. The molecule has 0 bridgehead atoms. The number of carbonyl (C=O) groups excluding carboxylic acids is 1. The van der Waals surface area contributed by atoms with Crippen LogP contribution in [0.5, 0.6) is 0 Å². The molecule has 1 amide bonds. The highest BCUT2D eigenvalue weighted by Gasteiger charge is 2.29. The fourth-order valence-electron chi connectivity index (χ4n) is 2.60. The van der Waals surface area contributed by atoms with Crippen LogP contribution in [0.25, 0.3) is 0 Å². The Labute approximate surface area is 108 Å². The SMILES string of the molecule is Cc1ccc(C(=O)NCC2(C)CCCC2)c(F)c1. The molecule has 18 heavy (non-hydrogen) atoms. The molecule has 2 nitrogen and oxygen atoms in total. The summed E-state index contributed by atoms with van der Waals surface area (Å²) in [7, 11) is 0. The maximum absolute atomic E-state index is 13.6. The van der Waals surface area contributed by atoms with Crippen molar-refractivity contribution in [3.63, 3.8) is 0 Å². The second-order valence-electron chi connectivity index (χ2n) is 5.68. The molecule has 1 aromatic carbocycles. The van der Waals surface area contributed by atoms with E-state index in [1.165, 1.54) is 18.9 Å². The average Bonchev–Trinajstić information content (AvgIpc) is 2.74. The van der Waals surface area contributed by atoms with Gasteiger partial charge in [0.25, 0.3) is 5.91 Å². The molecular formula is C15H20FNO. The Morgan fingerprint density at radius 2 is 2.06 bits per heavy atom. The lowest BCUT2D eigenvalue weighted by molar-refractivity contribution is 0.0930. The largest absolute Gasteiger partial charge is 0.351 e. The van der Waals surface area contributed by atoms with Gasteiger partial charge in [0.2, 0.25) is 0 Å². The van der Waals surface area contributed by atoms with Gasteiger partial charge in [-0.2, -0.15) is 0 Å². The van der Waals surface area contributed by atoms with Crippen molar-refractivity contribution < 1.29 is 9.18 Å². The summed E-state index contributed by atoms with van der Waals surface area (Å²) < 4.78 is 13.6. The lowest BCUT2D eigenvalue weighted by atomic mass is 9.89. The Kier molecular flexibility index (Phi) is 3.69. The second-order valence-corrected chi connectivity index (χ2v) is 5.68. The van der Waals surface area contributed by atoms with E-state index in [1.807, 2.05) is 6.92 Å². The first-order valence-electron chi connectivity index (χ1n) is 6.55. The van der Waals surface area contributed by atoms with Crippen molar-refractivity contribution in [1.29, 1.82) is 0 Å². The van der Waals surface area contributed by atoms with Gasteiger partial charge in [0.05, 0.1) is 5.56 Å². The maximum atomic E-state index is 13.6. The number of halogens is 1. The molecule has 2 rings (SSSR count). The first-order chi connectivity index (χ1) is 8.50. The zero-order chi connectivity index (χ0) is 13.2. The smallest absolute Gasteiger partial charge is 0.254 e. The molecule has 98 valence electrons. The maximum Gasteiger partial charge on any atom is 0.254 e. The standard InChI is InChI=1S/C15H20FNO/c1-11-5-6-12(13(16)9-11)14(18)17-10-15(2)7-3-4-8-15/h5-6,9H,3-4,7-8,10H2,1-2H3,(H,17,18). The molecule has 0 unspecified atom stereocenters. The molecule has 1 aliphatic carbocycles. The van der Waals surface area contributed by atoms with Gasteiger partial charge in [-0.05, 0) is 42.9 Å². The Morgan fingerprint density at radius 3 is 2.67 bits per heavy atom. The predicted octanol–water partition coefficient (Wildman–Crippen LogP) is 3.44. The van der Waals surface area contributed by atoms with Crippen LogP contribution in [0.1, 0.15) is 48.5 Å². The molecule has 3 heteroatoms. The van der Waals surface area contributed by atoms with Crippen molar-refractivity contribution in [2.24, 2.45) is 5.41 Å². The third kappa shape index (κ3) is 2.89. The van der Waals surface area contributed by atoms with E-state index in [4.69, 9.17) is 0 Å². The molecule has 0 heterocycles. The third-order valence-corrected chi connectivity index (χ3v) is 3.86. The molecule has 0 aromatic heterocycles. The number of carbonyl (C=O) groups is 1. The molecule has 1 aliphatic rings. The fraction of sp³-hybridized carbons (Fsp3) is 0.533. The summed E-state index contributed by atoms with van der Waals surface area (Å²) in [6.45, 7) is 4.63. The Morgan fingerprint density at radius 1 is 1.39 bits per heavy atom. The van der Waals surface area contributed by atoms with Gasteiger partial charge in [-0.1, -0.05) is 25.8 Å². The number of aryl methyl sites for hydroxylation is 1. The summed E-state index contributed by atoms with van der Waals surface area (Å²) in [4.78, 5) is 11.9. The van der Waals surface area contributed by atoms with E-state index >= 15 is 0 Å². The Balaban J connectivity index is 1.99. The van der Waals surface area contributed by atoms with Crippen LogP contribution in [0.3, 0.4) is 0 Å². The van der Waals surface area contributed by atoms with E-state index in [0.717, 1.165) is 18.4 Å². The monoisotopic (exact) mass is 249 g/mol. The quantitative estimate of drug-likeness (QED) is 0.873. The van der Waals surface area contributed by atoms with Crippen LogP contribution >= 0.6 is 0 Å². The van der Waals surface area contributed by atoms with Crippen molar-refractivity contribution in [1.82, 2.24) is 5.32 Å². The Hall–Kier alpha value is -1.38. The van der Waals surface area contributed by atoms with Crippen LogP contribution < -0.4 is 5.32 Å². The van der Waals surface area contributed by atoms with Crippen molar-refractivity contribution in [3.05, 3.63) is 35.1 Å². The highest BCUT2D eigenvalue weighted by Crippen LogP contribution is 2.36. The van der Waals surface area contributed by atoms with E-state index in [2.05, 4.69) is 12.2 Å². The minimum Gasteiger partial charge on any atom is -0.351 e. The van der Waals surface area contributed by atoms with Gasteiger partial charge < -0.3 is 5.32 Å². The molecule has 0 atom stereocenters. The van der Waals surface area contributed by atoms with Crippen LogP contribution in [0.15, 0.2) is 18.2 Å². The first-order valence-corrected chi connectivity index (χ1v) is 6.55. The minimum absolute atomic E-state index is 0.141. The number of hydrogen-bond donors (Lipinski definition) is 1. The second kappa shape index (κ2) is 5.09. The van der Waals surface area contributed by atoms with Crippen molar-refractivity contribution in [3.8, 4) is 0 Å². The van der Waals surface area contributed by atoms with Crippen molar-refractivity contribution in [2.45, 2.75) is 39.5 Å². The summed E-state index contributed by atoms with van der Waals surface area (Å²) in [5, 5.41) is 2.86. The van der Waals surface area contributed by atoms with Crippen molar-refractivity contribution in [2.75, 3.05) is 6.54 Å². The number of nitrogens with one attached hydrogen (secondary N) is 1. The molecule has 0 aliphatic heterocycles. The lowest BCUT2D eigenvalue weighted by Gasteiger charge is -2.23. The highest BCUT2D eigenvalue weighted by atomic mass is 19.1. The first kappa shape index (κ1) is 13.1. The number of amides is 1. The van der Waals surface area contributed by atoms with E-state index in [-0.39, 0.29) is 16.9 Å². The molecule has 0 spiro atoms. The lowest BCUT2D eigenvalue weighted by Crippen LogP contribution is -2.34. The van der Waals surface area contributed by atoms with Gasteiger partial charge in [0, 0.05) is 6.54 Å². The van der Waals surface area contributed by atoms with Crippen LogP contribution in [0.4, 0.5) is 4.39 Å². The number of rotatable bonds is 3. The summed E-state index contributed by atoms with van der Waals surface area (Å²) >= 11 is 0. The highest BCUT2D eigenvalue weighted by molar-refractivity contribution is 5.94. The molecule has 1 N–H and O–H groups in total. The van der Waals surface area contributed by atoms with Crippen LogP contribution in [-0.4, -0.2) is 12.5 Å². The molecule has 1 saturated carbocycles. The molecule has 0 saturated heterocycles. The van der Waals surface area contributed by atoms with Crippen LogP contribution in [0, 0.1) is 18.2 Å². The van der Waals surface area contributed by atoms with Crippen LogP contribution in [0.2, 0.25) is 0 Å². The topological polar surface area (TPSA) is 29.1 Å². The van der Waals surface area contributed by atoms with Gasteiger partial charge in [0.15, 0.2) is 0 Å². The van der Waals surface area contributed by atoms with Gasteiger partial charge in [-0.25, -0.2) is 4.39 Å². The molecular weight excluding hydrogens is 229 g/mol. The van der Waals surface area contributed by atoms with E-state index in [0.29, 0.717) is 6.54 Å². The molecule has 1 aromatic rings. The van der Waals surface area contributed by atoms with Gasteiger partial charge >= 0.3 is 0 Å². The summed E-state index contributed by atoms with van der Waals surface area (Å²) in [5.41, 5.74) is 1.16. The van der Waals surface area contributed by atoms with Gasteiger partial charge in [-0.3, -0.25) is 4.79 Å². The third-order valence-electron chi connectivity index (χ3n) is 3.86. The van der Waals surface area contributed by atoms with Gasteiger partial charge in [0.1, 0.15) is 5.82 Å². The molecule has 0 radical (unpaired) electrons. The molecule has 1 fully saturated rings. The number of benzene rings is 1. The zero-order valence-corrected chi connectivity index (χ0v) is 11.1. The van der Waals surface area contributed by atoms with E-state index in [1.54, 1.807) is 12.1 Å². The van der Waals surface area contributed by atoms with Gasteiger partial charge in [-0.15, -0.1) is 0 Å². The van der Waals surface area contributed by atoms with Crippen molar-refractivity contribution >= 4 is 5.91 Å². The number of hydrogen-bond acceptors (Lipinski definition) is 1. The fourth-order valence-corrected chi connectivity index (χ4v) is 2.60. The van der Waals surface area contributed by atoms with E-state index < -0.39 is 5.82 Å². The predicted molar refractivity (Wildman–Crippen MR) is 70.0 cm³/mol. The van der Waals surface area contributed by atoms with Crippen LogP contribution in [-0.2, 0) is 0 Å².